The second kappa shape index (κ2) is 7.39. The maximum atomic E-state index is 11.7. The van der Waals surface area contributed by atoms with E-state index in [0.29, 0.717) is 5.56 Å². The first-order valence-corrected chi connectivity index (χ1v) is 6.34. The number of carboxylic acid groups (broad SMARTS) is 1. The van der Waals surface area contributed by atoms with E-state index < -0.39 is 23.9 Å². The molecular formula is C14H18N2O5. The Hall–Kier alpha value is -2.41. The Balaban J connectivity index is 2.35. The fourth-order valence-corrected chi connectivity index (χ4v) is 1.59. The van der Waals surface area contributed by atoms with Crippen LogP contribution in [0.2, 0.25) is 0 Å². The van der Waals surface area contributed by atoms with Gasteiger partial charge in [0.2, 0.25) is 5.91 Å². The van der Waals surface area contributed by atoms with Crippen molar-refractivity contribution < 1.29 is 24.6 Å². The quantitative estimate of drug-likeness (QED) is 0.554. The molecule has 2 amide bonds. The van der Waals surface area contributed by atoms with Crippen molar-refractivity contribution in [2.45, 2.75) is 18.9 Å². The number of rotatable bonds is 7. The smallest absolute Gasteiger partial charge is 0.306 e. The van der Waals surface area contributed by atoms with E-state index in [-0.39, 0.29) is 19.0 Å². The lowest BCUT2D eigenvalue weighted by molar-refractivity contribution is -0.142. The van der Waals surface area contributed by atoms with Crippen molar-refractivity contribution in [1.29, 1.82) is 0 Å². The molecule has 0 aliphatic heterocycles. The third-order valence-corrected chi connectivity index (χ3v) is 2.64. The van der Waals surface area contributed by atoms with Gasteiger partial charge >= 0.3 is 5.97 Å². The maximum Gasteiger partial charge on any atom is 0.306 e. The fourth-order valence-electron chi connectivity index (χ4n) is 1.59. The Bertz CT molecular complexity index is 513. The molecule has 21 heavy (non-hydrogen) atoms. The minimum Gasteiger partial charge on any atom is -0.481 e. The molecule has 1 rings (SSSR count). The molecule has 1 atom stereocenters. The lowest BCUT2D eigenvalue weighted by Gasteiger charge is -2.21. The molecule has 0 aromatic heterocycles. The van der Waals surface area contributed by atoms with Gasteiger partial charge in [-0.1, -0.05) is 18.2 Å². The zero-order chi connectivity index (χ0) is 15.9. The van der Waals surface area contributed by atoms with Crippen LogP contribution in [-0.4, -0.2) is 46.7 Å². The molecule has 0 radical (unpaired) electrons. The third kappa shape index (κ3) is 6.53. The van der Waals surface area contributed by atoms with Gasteiger partial charge in [-0.25, -0.2) is 0 Å². The summed E-state index contributed by atoms with van der Waals surface area (Å²) in [6.07, 6.45) is -0.482. The molecule has 0 saturated heterocycles. The molecule has 0 heterocycles. The number of benzene rings is 1. The van der Waals surface area contributed by atoms with Gasteiger partial charge in [0.15, 0.2) is 0 Å². The Morgan fingerprint density at radius 3 is 2.33 bits per heavy atom. The minimum atomic E-state index is -1.54. The monoisotopic (exact) mass is 294 g/mol. The van der Waals surface area contributed by atoms with Crippen molar-refractivity contribution in [2.24, 2.45) is 0 Å². The number of carbonyl (C=O) groups is 3. The van der Waals surface area contributed by atoms with Gasteiger partial charge in [0.1, 0.15) is 0 Å². The first-order valence-electron chi connectivity index (χ1n) is 6.34. The van der Waals surface area contributed by atoms with E-state index in [1.54, 1.807) is 30.3 Å². The van der Waals surface area contributed by atoms with Crippen LogP contribution in [-0.2, 0) is 9.59 Å². The van der Waals surface area contributed by atoms with Crippen LogP contribution in [0.4, 0.5) is 0 Å². The molecule has 0 spiro atoms. The average Bonchev–Trinajstić information content (AvgIpc) is 2.42. The SMILES string of the molecule is CC(O)(CNC(=O)CNC(=O)c1ccccc1)CC(=O)O. The van der Waals surface area contributed by atoms with Crippen molar-refractivity contribution in [3.05, 3.63) is 35.9 Å². The molecule has 4 N–H and O–H groups in total. The van der Waals surface area contributed by atoms with Crippen LogP contribution in [0.15, 0.2) is 30.3 Å². The summed E-state index contributed by atoms with van der Waals surface area (Å²) in [6.45, 7) is 0.847. The highest BCUT2D eigenvalue weighted by atomic mass is 16.4. The molecule has 0 fully saturated rings. The summed E-state index contributed by atoms with van der Waals surface area (Å²) in [7, 11) is 0. The summed E-state index contributed by atoms with van der Waals surface area (Å²) in [5, 5.41) is 23.1. The molecule has 0 aliphatic carbocycles. The van der Waals surface area contributed by atoms with E-state index >= 15 is 0 Å². The summed E-state index contributed by atoms with van der Waals surface area (Å²) in [5.41, 5.74) is -1.10. The Kier molecular flexibility index (Phi) is 5.86. The number of carbonyl (C=O) groups excluding carboxylic acids is 2. The van der Waals surface area contributed by atoms with E-state index in [0.717, 1.165) is 0 Å². The van der Waals surface area contributed by atoms with Gasteiger partial charge in [0, 0.05) is 12.1 Å². The summed E-state index contributed by atoms with van der Waals surface area (Å²) in [4.78, 5) is 33.7. The van der Waals surface area contributed by atoms with E-state index in [1.165, 1.54) is 6.92 Å². The van der Waals surface area contributed by atoms with Gasteiger partial charge in [0.05, 0.1) is 18.6 Å². The molecule has 7 nitrogen and oxygen atoms in total. The number of carboxylic acids is 1. The predicted octanol–water partition coefficient (Wildman–Crippen LogP) is -0.242. The topological polar surface area (TPSA) is 116 Å². The highest BCUT2D eigenvalue weighted by Crippen LogP contribution is 2.07. The second-order valence-corrected chi connectivity index (χ2v) is 4.89. The van der Waals surface area contributed by atoms with Crippen LogP contribution < -0.4 is 10.6 Å². The summed E-state index contributed by atoms with van der Waals surface area (Å²) < 4.78 is 0. The average molecular weight is 294 g/mol. The number of hydrogen-bond donors (Lipinski definition) is 4. The molecular weight excluding hydrogens is 276 g/mol. The fraction of sp³-hybridized carbons (Fsp3) is 0.357. The zero-order valence-electron chi connectivity index (χ0n) is 11.6. The van der Waals surface area contributed by atoms with Crippen LogP contribution in [0.3, 0.4) is 0 Å². The van der Waals surface area contributed by atoms with E-state index in [1.807, 2.05) is 0 Å². The van der Waals surface area contributed by atoms with Crippen LogP contribution in [0.5, 0.6) is 0 Å². The van der Waals surface area contributed by atoms with Crippen molar-refractivity contribution in [2.75, 3.05) is 13.1 Å². The molecule has 1 aromatic rings. The largest absolute Gasteiger partial charge is 0.481 e. The first kappa shape index (κ1) is 16.6. The first-order chi connectivity index (χ1) is 9.80. The molecule has 0 saturated carbocycles. The van der Waals surface area contributed by atoms with Crippen LogP contribution in [0, 0.1) is 0 Å². The molecule has 114 valence electrons. The Morgan fingerprint density at radius 1 is 1.14 bits per heavy atom. The van der Waals surface area contributed by atoms with E-state index in [2.05, 4.69) is 10.6 Å². The highest BCUT2D eigenvalue weighted by molar-refractivity contribution is 5.96. The molecule has 0 aliphatic rings. The van der Waals surface area contributed by atoms with E-state index in [9.17, 15) is 19.5 Å². The predicted molar refractivity (Wildman–Crippen MR) is 74.7 cm³/mol. The molecule has 1 unspecified atom stereocenters. The van der Waals surface area contributed by atoms with Crippen molar-refractivity contribution in [3.63, 3.8) is 0 Å². The van der Waals surface area contributed by atoms with Gasteiger partial charge in [0.25, 0.3) is 5.91 Å². The van der Waals surface area contributed by atoms with Crippen molar-refractivity contribution in [3.8, 4) is 0 Å². The molecule has 0 bridgehead atoms. The Labute approximate surface area is 122 Å². The number of hydrogen-bond acceptors (Lipinski definition) is 4. The lowest BCUT2D eigenvalue weighted by Crippen LogP contribution is -2.45. The maximum absolute atomic E-state index is 11.7. The molecule has 7 heteroatoms. The van der Waals surface area contributed by atoms with Crippen LogP contribution >= 0.6 is 0 Å². The highest BCUT2D eigenvalue weighted by Gasteiger charge is 2.24. The number of aliphatic hydroxyl groups is 1. The van der Waals surface area contributed by atoms with Gasteiger partial charge in [-0.15, -0.1) is 0 Å². The number of aliphatic carboxylic acids is 1. The van der Waals surface area contributed by atoms with Crippen LogP contribution in [0.1, 0.15) is 23.7 Å². The van der Waals surface area contributed by atoms with Gasteiger partial charge in [-0.3, -0.25) is 14.4 Å². The van der Waals surface area contributed by atoms with Crippen molar-refractivity contribution in [1.82, 2.24) is 10.6 Å². The van der Waals surface area contributed by atoms with Gasteiger partial charge in [-0.05, 0) is 19.1 Å². The van der Waals surface area contributed by atoms with Gasteiger partial charge < -0.3 is 20.8 Å². The summed E-state index contributed by atoms with van der Waals surface area (Å²) in [6, 6.07) is 8.42. The zero-order valence-corrected chi connectivity index (χ0v) is 11.6. The second-order valence-electron chi connectivity index (χ2n) is 4.89. The summed E-state index contributed by atoms with van der Waals surface area (Å²) >= 11 is 0. The minimum absolute atomic E-state index is 0.209. The third-order valence-electron chi connectivity index (χ3n) is 2.64. The lowest BCUT2D eigenvalue weighted by atomic mass is 10.0. The van der Waals surface area contributed by atoms with Crippen molar-refractivity contribution >= 4 is 17.8 Å². The van der Waals surface area contributed by atoms with E-state index in [4.69, 9.17) is 5.11 Å². The summed E-state index contributed by atoms with van der Waals surface area (Å²) in [5.74, 6) is -2.06. The van der Waals surface area contributed by atoms with Crippen LogP contribution in [0.25, 0.3) is 0 Å². The number of amides is 2. The normalized spacial score (nSPS) is 13.0. The number of nitrogens with one attached hydrogen (secondary N) is 2. The van der Waals surface area contributed by atoms with Gasteiger partial charge in [-0.2, -0.15) is 0 Å². The Morgan fingerprint density at radius 2 is 1.76 bits per heavy atom. The molecule has 1 aromatic carbocycles. The standard InChI is InChI=1S/C14H18N2O5/c1-14(21,7-12(18)19)9-16-11(17)8-15-13(20)10-5-3-2-4-6-10/h2-6,21H,7-9H2,1H3,(H,15,20)(H,16,17)(H,18,19).